The first kappa shape index (κ1) is 34.2. The fourth-order valence-corrected chi connectivity index (χ4v) is 4.83. The molecule has 0 aromatic heterocycles. The minimum atomic E-state index is -0.677. The highest BCUT2D eigenvalue weighted by Crippen LogP contribution is 2.38. The number of β-amino-alcohol motifs (C(OH)–C–C–N with tert-alkyl or cyclic N) is 1. The zero-order valence-electron chi connectivity index (χ0n) is 27.0. The summed E-state index contributed by atoms with van der Waals surface area (Å²) in [4.78, 5) is 43.4. The molecule has 3 amide bonds. The summed E-state index contributed by atoms with van der Waals surface area (Å²) in [5.41, 5.74) is -0.519. The van der Waals surface area contributed by atoms with E-state index in [9.17, 15) is 19.5 Å². The van der Waals surface area contributed by atoms with E-state index in [1.54, 1.807) is 51.9 Å². The van der Waals surface area contributed by atoms with Crippen LogP contribution in [0.1, 0.15) is 71.2 Å². The molecule has 242 valence electrons. The number of carbonyl (C=O) groups is 3. The molecule has 0 bridgehead atoms. The zero-order chi connectivity index (χ0) is 31.9. The van der Waals surface area contributed by atoms with Gasteiger partial charge < -0.3 is 39.2 Å². The van der Waals surface area contributed by atoms with Crippen molar-refractivity contribution in [2.24, 2.45) is 5.92 Å². The molecule has 0 radical (unpaired) electrons. The normalized spacial score (nSPS) is 19.2. The molecule has 2 aliphatic rings. The fourth-order valence-electron chi connectivity index (χ4n) is 4.83. The molecule has 43 heavy (non-hydrogen) atoms. The number of amides is 3. The van der Waals surface area contributed by atoms with Gasteiger partial charge in [0.15, 0.2) is 11.5 Å². The van der Waals surface area contributed by atoms with E-state index >= 15 is 0 Å². The molecule has 3 rings (SSSR count). The first-order valence-electron chi connectivity index (χ1n) is 15.1. The van der Waals surface area contributed by atoms with Crippen LogP contribution in [0.2, 0.25) is 0 Å². The van der Waals surface area contributed by atoms with Crippen molar-refractivity contribution in [2.75, 3.05) is 64.9 Å². The van der Waals surface area contributed by atoms with Crippen LogP contribution in [-0.2, 0) is 9.47 Å². The molecule has 2 heterocycles. The Bertz CT molecular complexity index is 1130. The molecular formula is C31H50N4O8. The summed E-state index contributed by atoms with van der Waals surface area (Å²) in [6, 6.07) is 3.27. The third kappa shape index (κ3) is 10.5. The molecule has 2 aliphatic heterocycles. The van der Waals surface area contributed by atoms with Crippen LogP contribution >= 0.6 is 0 Å². The Morgan fingerprint density at radius 1 is 1.02 bits per heavy atom. The molecule has 0 aliphatic carbocycles. The molecule has 1 fully saturated rings. The zero-order valence-corrected chi connectivity index (χ0v) is 27.0. The van der Waals surface area contributed by atoms with Gasteiger partial charge in [-0.2, -0.15) is 0 Å². The van der Waals surface area contributed by atoms with E-state index in [2.05, 4.69) is 10.2 Å². The number of nitrogens with one attached hydrogen (secondary N) is 1. The smallest absolute Gasteiger partial charge is 0.414 e. The molecule has 12 nitrogen and oxygen atoms in total. The number of likely N-dealkylation sites (tertiary alicyclic amines) is 1. The Labute approximate surface area is 255 Å². The number of carbonyl (C=O) groups excluding carboxylic acids is 3. The molecule has 1 aromatic carbocycles. The number of nitrogens with zero attached hydrogens (tertiary/aromatic N) is 3. The number of aliphatic hydroxyl groups is 1. The van der Waals surface area contributed by atoms with Crippen molar-refractivity contribution < 1.29 is 38.4 Å². The number of fused-ring (bicyclic) bond motifs is 1. The summed E-state index contributed by atoms with van der Waals surface area (Å²) in [5.74, 6) is 0.235. The second kappa shape index (κ2) is 14.5. The van der Waals surface area contributed by atoms with Gasteiger partial charge in [-0.3, -0.25) is 9.69 Å². The standard InChI is InChI=1S/C31H50N4O8/c1-30(2,3)42-28(38)33(7)12-9-13-35-14-11-21(24(36)20-35)19-32-27(37)23-17-22(34(8)29(39)43-31(4,5)6)18-25-26(23)41-16-10-15-40-25/h17-18,21,24,36H,9-16,19-20H2,1-8H3,(H,32,37)/t21-,24?/m0/s1. The maximum Gasteiger partial charge on any atom is 0.414 e. The van der Waals surface area contributed by atoms with E-state index in [1.165, 1.54) is 4.90 Å². The summed E-state index contributed by atoms with van der Waals surface area (Å²) in [6.07, 6.45) is 0.611. The second-order valence-electron chi connectivity index (χ2n) is 13.3. The predicted octanol–water partition coefficient (Wildman–Crippen LogP) is 3.89. The SMILES string of the molecule is CN(CCCN1CC[C@@H](CNC(=O)c2cc(N(C)C(=O)OC(C)(C)C)cc3c2OCCCO3)C(O)C1)C(=O)OC(C)(C)C. The van der Waals surface area contributed by atoms with Gasteiger partial charge in [0.05, 0.1) is 30.6 Å². The topological polar surface area (TPSA) is 130 Å². The van der Waals surface area contributed by atoms with Gasteiger partial charge in [-0.25, -0.2) is 9.59 Å². The van der Waals surface area contributed by atoms with Crippen LogP contribution in [0.3, 0.4) is 0 Å². The largest absolute Gasteiger partial charge is 0.489 e. The molecule has 2 atom stereocenters. The summed E-state index contributed by atoms with van der Waals surface area (Å²) in [6.45, 7) is 14.6. The lowest BCUT2D eigenvalue weighted by Crippen LogP contribution is -2.48. The molecule has 12 heteroatoms. The van der Waals surface area contributed by atoms with Gasteiger partial charge in [0, 0.05) is 52.1 Å². The van der Waals surface area contributed by atoms with Crippen molar-refractivity contribution in [3.05, 3.63) is 17.7 Å². The molecule has 0 spiro atoms. The van der Waals surface area contributed by atoms with E-state index in [4.69, 9.17) is 18.9 Å². The number of hydrogen-bond donors (Lipinski definition) is 2. The Morgan fingerprint density at radius 3 is 2.33 bits per heavy atom. The molecule has 2 N–H and O–H groups in total. The van der Waals surface area contributed by atoms with Crippen LogP contribution in [0.4, 0.5) is 15.3 Å². The van der Waals surface area contributed by atoms with Gasteiger partial charge in [0.25, 0.3) is 5.91 Å². The van der Waals surface area contributed by atoms with E-state index < -0.39 is 23.4 Å². The van der Waals surface area contributed by atoms with Gasteiger partial charge in [-0.15, -0.1) is 0 Å². The Hall–Kier alpha value is -3.25. The van der Waals surface area contributed by atoms with E-state index in [0.717, 1.165) is 19.5 Å². The molecule has 1 unspecified atom stereocenters. The van der Waals surface area contributed by atoms with Crippen molar-refractivity contribution in [3.63, 3.8) is 0 Å². The van der Waals surface area contributed by atoms with Crippen molar-refractivity contribution in [1.82, 2.24) is 15.1 Å². The van der Waals surface area contributed by atoms with Crippen LogP contribution in [-0.4, -0.2) is 110 Å². The number of ether oxygens (including phenoxy) is 4. The first-order chi connectivity index (χ1) is 20.0. The van der Waals surface area contributed by atoms with Crippen molar-refractivity contribution >= 4 is 23.8 Å². The van der Waals surface area contributed by atoms with Crippen molar-refractivity contribution in [1.29, 1.82) is 0 Å². The average molecular weight is 607 g/mol. The highest BCUT2D eigenvalue weighted by molar-refractivity contribution is 6.00. The molecule has 1 saturated heterocycles. The first-order valence-corrected chi connectivity index (χ1v) is 15.1. The average Bonchev–Trinajstić information content (AvgIpc) is 3.15. The van der Waals surface area contributed by atoms with Gasteiger partial charge in [-0.05, 0) is 73.5 Å². The van der Waals surface area contributed by atoms with E-state index in [0.29, 0.717) is 56.3 Å². The highest BCUT2D eigenvalue weighted by Gasteiger charge is 2.30. The van der Waals surface area contributed by atoms with E-state index in [-0.39, 0.29) is 30.0 Å². The quantitative estimate of drug-likeness (QED) is 0.453. The number of piperidine rings is 1. The highest BCUT2D eigenvalue weighted by atomic mass is 16.6. The lowest BCUT2D eigenvalue weighted by atomic mass is 9.93. The van der Waals surface area contributed by atoms with Crippen LogP contribution < -0.4 is 19.7 Å². The summed E-state index contributed by atoms with van der Waals surface area (Å²) < 4.78 is 22.6. The number of hydrogen-bond acceptors (Lipinski definition) is 9. The van der Waals surface area contributed by atoms with Crippen molar-refractivity contribution in [2.45, 2.75) is 78.1 Å². The summed E-state index contributed by atoms with van der Waals surface area (Å²) >= 11 is 0. The lowest BCUT2D eigenvalue weighted by Gasteiger charge is -2.36. The number of benzene rings is 1. The third-order valence-corrected chi connectivity index (χ3v) is 7.13. The minimum absolute atomic E-state index is 0.118. The van der Waals surface area contributed by atoms with E-state index in [1.807, 2.05) is 20.8 Å². The van der Waals surface area contributed by atoms with Crippen LogP contribution in [0.15, 0.2) is 12.1 Å². The Balaban J connectivity index is 1.57. The minimum Gasteiger partial charge on any atom is -0.489 e. The second-order valence-corrected chi connectivity index (χ2v) is 13.3. The van der Waals surface area contributed by atoms with Crippen LogP contribution in [0, 0.1) is 5.92 Å². The Kier molecular flexibility index (Phi) is 11.5. The third-order valence-electron chi connectivity index (χ3n) is 7.13. The number of anilines is 1. The predicted molar refractivity (Wildman–Crippen MR) is 163 cm³/mol. The summed E-state index contributed by atoms with van der Waals surface area (Å²) in [7, 11) is 3.30. The molecule has 0 saturated carbocycles. The number of rotatable bonds is 8. The van der Waals surface area contributed by atoms with Crippen LogP contribution in [0.25, 0.3) is 0 Å². The van der Waals surface area contributed by atoms with Crippen LogP contribution in [0.5, 0.6) is 11.5 Å². The Morgan fingerprint density at radius 2 is 1.67 bits per heavy atom. The van der Waals surface area contributed by atoms with Gasteiger partial charge in [-0.1, -0.05) is 0 Å². The number of aliphatic hydroxyl groups excluding tert-OH is 1. The lowest BCUT2D eigenvalue weighted by molar-refractivity contribution is 0.0173. The maximum absolute atomic E-state index is 13.4. The molecule has 1 aromatic rings. The van der Waals surface area contributed by atoms with Gasteiger partial charge in [0.1, 0.15) is 11.2 Å². The monoisotopic (exact) mass is 606 g/mol. The maximum atomic E-state index is 13.4. The van der Waals surface area contributed by atoms with Crippen molar-refractivity contribution in [3.8, 4) is 11.5 Å². The summed E-state index contributed by atoms with van der Waals surface area (Å²) in [5, 5.41) is 13.8. The van der Waals surface area contributed by atoms with Gasteiger partial charge in [0.2, 0.25) is 0 Å². The fraction of sp³-hybridized carbons (Fsp3) is 0.710. The van der Waals surface area contributed by atoms with Gasteiger partial charge >= 0.3 is 12.2 Å². The molecular weight excluding hydrogens is 556 g/mol.